The minimum absolute atomic E-state index is 0.0429. The lowest BCUT2D eigenvalue weighted by Crippen LogP contribution is -2.47. The van der Waals surface area contributed by atoms with E-state index in [1.54, 1.807) is 0 Å². The lowest BCUT2D eigenvalue weighted by atomic mass is 10.2. The molecule has 2 aliphatic rings. The summed E-state index contributed by atoms with van der Waals surface area (Å²) in [4.78, 5) is 14.2. The molecular formula is C17H24N2O5S. The fourth-order valence-corrected chi connectivity index (χ4v) is 4.81. The van der Waals surface area contributed by atoms with E-state index in [0.717, 1.165) is 11.5 Å². The summed E-state index contributed by atoms with van der Waals surface area (Å²) >= 11 is 0. The topological polar surface area (TPSA) is 84.9 Å². The van der Waals surface area contributed by atoms with E-state index in [9.17, 15) is 13.2 Å². The SMILES string of the molecule is CCN(CC(=O)N[C@H]1CCS(=O)(=O)C1)C[C@H]1COc2ccccc2O1. The number of amides is 1. The van der Waals surface area contributed by atoms with Gasteiger partial charge in [-0.15, -0.1) is 0 Å². The molecule has 1 N–H and O–H groups in total. The number of nitrogens with zero attached hydrogens (tertiary/aromatic N) is 1. The molecule has 2 heterocycles. The van der Waals surface area contributed by atoms with E-state index in [-0.39, 0.29) is 36.1 Å². The van der Waals surface area contributed by atoms with Gasteiger partial charge in [0.2, 0.25) is 5.91 Å². The third-order valence-corrected chi connectivity index (χ3v) is 6.21. The van der Waals surface area contributed by atoms with Gasteiger partial charge in [0, 0.05) is 12.6 Å². The molecule has 0 unspecified atom stereocenters. The zero-order chi connectivity index (χ0) is 17.9. The molecule has 7 nitrogen and oxygen atoms in total. The Morgan fingerprint density at radius 1 is 1.32 bits per heavy atom. The summed E-state index contributed by atoms with van der Waals surface area (Å²) in [5, 5.41) is 2.82. The smallest absolute Gasteiger partial charge is 0.234 e. The van der Waals surface area contributed by atoms with Crippen LogP contribution in [0.4, 0.5) is 0 Å². The van der Waals surface area contributed by atoms with Crippen molar-refractivity contribution in [3.8, 4) is 11.5 Å². The molecular weight excluding hydrogens is 344 g/mol. The van der Waals surface area contributed by atoms with Crippen LogP contribution in [0.3, 0.4) is 0 Å². The summed E-state index contributed by atoms with van der Waals surface area (Å²) in [5.74, 6) is 1.50. The quantitative estimate of drug-likeness (QED) is 0.785. The summed E-state index contributed by atoms with van der Waals surface area (Å²) in [7, 11) is -2.99. The Labute approximate surface area is 148 Å². The number of carbonyl (C=O) groups is 1. The van der Waals surface area contributed by atoms with E-state index in [1.165, 1.54) is 0 Å². The second-order valence-corrected chi connectivity index (χ2v) is 8.72. The predicted octanol–water partition coefficient (Wildman–Crippen LogP) is 0.452. The van der Waals surface area contributed by atoms with Gasteiger partial charge < -0.3 is 14.8 Å². The van der Waals surface area contributed by atoms with Crippen LogP contribution in [0.25, 0.3) is 0 Å². The summed E-state index contributed by atoms with van der Waals surface area (Å²) in [6, 6.07) is 7.26. The van der Waals surface area contributed by atoms with E-state index < -0.39 is 9.84 Å². The number of nitrogens with one attached hydrogen (secondary N) is 1. The zero-order valence-electron chi connectivity index (χ0n) is 14.3. The number of hydrogen-bond donors (Lipinski definition) is 1. The molecule has 1 saturated heterocycles. The van der Waals surface area contributed by atoms with Crippen LogP contribution in [0.1, 0.15) is 13.3 Å². The molecule has 0 spiro atoms. The fourth-order valence-electron chi connectivity index (χ4n) is 3.13. The van der Waals surface area contributed by atoms with Crippen LogP contribution < -0.4 is 14.8 Å². The lowest BCUT2D eigenvalue weighted by Gasteiger charge is -2.30. The van der Waals surface area contributed by atoms with Crippen molar-refractivity contribution < 1.29 is 22.7 Å². The van der Waals surface area contributed by atoms with Crippen molar-refractivity contribution >= 4 is 15.7 Å². The molecule has 0 radical (unpaired) electrons. The molecule has 8 heteroatoms. The Morgan fingerprint density at radius 2 is 2.08 bits per heavy atom. The molecule has 2 atom stereocenters. The van der Waals surface area contributed by atoms with Crippen LogP contribution in [0.15, 0.2) is 24.3 Å². The highest BCUT2D eigenvalue weighted by Crippen LogP contribution is 2.30. The van der Waals surface area contributed by atoms with Crippen molar-refractivity contribution in [3.63, 3.8) is 0 Å². The van der Waals surface area contributed by atoms with Crippen molar-refractivity contribution in [2.24, 2.45) is 0 Å². The third-order valence-electron chi connectivity index (χ3n) is 4.44. The molecule has 0 aliphatic carbocycles. The first-order valence-electron chi connectivity index (χ1n) is 8.56. The summed E-state index contributed by atoms with van der Waals surface area (Å²) in [5.41, 5.74) is 0. The summed E-state index contributed by atoms with van der Waals surface area (Å²) < 4.78 is 34.6. The third kappa shape index (κ3) is 4.85. The Morgan fingerprint density at radius 3 is 2.76 bits per heavy atom. The number of hydrogen-bond acceptors (Lipinski definition) is 6. The van der Waals surface area contributed by atoms with Crippen LogP contribution in [0.5, 0.6) is 11.5 Å². The second-order valence-electron chi connectivity index (χ2n) is 6.49. The molecule has 1 aromatic carbocycles. The van der Waals surface area contributed by atoms with E-state index in [4.69, 9.17) is 9.47 Å². The molecule has 3 rings (SSSR count). The van der Waals surface area contributed by atoms with Gasteiger partial charge in [-0.2, -0.15) is 0 Å². The van der Waals surface area contributed by atoms with Gasteiger partial charge in [0.1, 0.15) is 12.7 Å². The van der Waals surface area contributed by atoms with Crippen molar-refractivity contribution in [3.05, 3.63) is 24.3 Å². The number of carbonyl (C=O) groups excluding carboxylic acids is 1. The minimum atomic E-state index is -2.99. The number of rotatable bonds is 6. The average Bonchev–Trinajstić information content (AvgIpc) is 2.92. The van der Waals surface area contributed by atoms with Crippen LogP contribution in [0.2, 0.25) is 0 Å². The van der Waals surface area contributed by atoms with Crippen molar-refractivity contribution in [1.29, 1.82) is 0 Å². The molecule has 1 fully saturated rings. The number of fused-ring (bicyclic) bond motifs is 1. The highest BCUT2D eigenvalue weighted by Gasteiger charge is 2.29. The second kappa shape index (κ2) is 7.61. The first-order valence-corrected chi connectivity index (χ1v) is 10.4. The highest BCUT2D eigenvalue weighted by atomic mass is 32.2. The zero-order valence-corrected chi connectivity index (χ0v) is 15.1. The first-order chi connectivity index (χ1) is 11.9. The number of benzene rings is 1. The monoisotopic (exact) mass is 368 g/mol. The van der Waals surface area contributed by atoms with Gasteiger partial charge in [-0.05, 0) is 25.1 Å². The maximum absolute atomic E-state index is 12.2. The van der Waals surface area contributed by atoms with E-state index in [1.807, 2.05) is 36.1 Å². The fraction of sp³-hybridized carbons (Fsp3) is 0.588. The van der Waals surface area contributed by atoms with Gasteiger partial charge in [0.15, 0.2) is 21.3 Å². The van der Waals surface area contributed by atoms with E-state index >= 15 is 0 Å². The van der Waals surface area contributed by atoms with Crippen molar-refractivity contribution in [2.45, 2.75) is 25.5 Å². The number of likely N-dealkylation sites (N-methyl/N-ethyl adjacent to an activating group) is 1. The number of sulfone groups is 1. The molecule has 2 aliphatic heterocycles. The predicted molar refractivity (Wildman–Crippen MR) is 93.7 cm³/mol. The van der Waals surface area contributed by atoms with Crippen LogP contribution in [-0.4, -0.2) is 69.1 Å². The maximum Gasteiger partial charge on any atom is 0.234 e. The van der Waals surface area contributed by atoms with Crippen LogP contribution in [0, 0.1) is 0 Å². The average molecular weight is 368 g/mol. The van der Waals surface area contributed by atoms with E-state index in [2.05, 4.69) is 5.32 Å². The largest absolute Gasteiger partial charge is 0.486 e. The Kier molecular flexibility index (Phi) is 5.48. The van der Waals surface area contributed by atoms with Crippen LogP contribution in [-0.2, 0) is 14.6 Å². The number of ether oxygens (including phenoxy) is 2. The van der Waals surface area contributed by atoms with Crippen molar-refractivity contribution in [2.75, 3.05) is 37.7 Å². The van der Waals surface area contributed by atoms with Gasteiger partial charge >= 0.3 is 0 Å². The Bertz CT molecular complexity index is 722. The normalized spacial score (nSPS) is 24.2. The first kappa shape index (κ1) is 18.0. The Hall–Kier alpha value is -1.80. The van der Waals surface area contributed by atoms with Gasteiger partial charge in [-0.3, -0.25) is 9.69 Å². The summed E-state index contributed by atoms with van der Waals surface area (Å²) in [6.45, 7) is 3.90. The standard InChI is InChI=1S/C17H24N2O5S/c1-2-19(10-17(20)18-13-7-8-25(21,22)12-13)9-14-11-23-15-5-3-4-6-16(15)24-14/h3-6,13-14H,2,7-12H2,1H3,(H,18,20)/t13-,14-/m0/s1. The highest BCUT2D eigenvalue weighted by molar-refractivity contribution is 7.91. The van der Waals surface area contributed by atoms with Crippen LogP contribution >= 0.6 is 0 Å². The van der Waals surface area contributed by atoms with Gasteiger partial charge in [-0.25, -0.2) is 8.42 Å². The molecule has 25 heavy (non-hydrogen) atoms. The number of para-hydroxylation sites is 2. The molecule has 0 bridgehead atoms. The Balaban J connectivity index is 1.49. The lowest BCUT2D eigenvalue weighted by molar-refractivity contribution is -0.123. The molecule has 0 saturated carbocycles. The minimum Gasteiger partial charge on any atom is -0.486 e. The van der Waals surface area contributed by atoms with Gasteiger partial charge in [-0.1, -0.05) is 19.1 Å². The summed E-state index contributed by atoms with van der Waals surface area (Å²) in [6.07, 6.45) is 0.353. The van der Waals surface area contributed by atoms with Gasteiger partial charge in [0.25, 0.3) is 0 Å². The van der Waals surface area contributed by atoms with E-state index in [0.29, 0.717) is 26.1 Å². The van der Waals surface area contributed by atoms with Gasteiger partial charge in [0.05, 0.1) is 18.1 Å². The molecule has 1 aromatic rings. The van der Waals surface area contributed by atoms with Crippen molar-refractivity contribution in [1.82, 2.24) is 10.2 Å². The molecule has 1 amide bonds. The molecule has 138 valence electrons. The molecule has 0 aromatic heterocycles. The maximum atomic E-state index is 12.2.